The van der Waals surface area contributed by atoms with E-state index in [1.807, 2.05) is 0 Å². The van der Waals surface area contributed by atoms with Crippen molar-refractivity contribution in [1.29, 1.82) is 0 Å². The average Bonchev–Trinajstić information content (AvgIpc) is 2.88. The minimum Gasteiger partial charge on any atom is -0.495 e. The van der Waals surface area contributed by atoms with E-state index < -0.39 is 21.5 Å². The van der Waals surface area contributed by atoms with E-state index in [-0.39, 0.29) is 22.8 Å². The molecule has 27 heavy (non-hydrogen) atoms. The van der Waals surface area contributed by atoms with Crippen LogP contribution in [0.2, 0.25) is 0 Å². The zero-order valence-corrected chi connectivity index (χ0v) is 17.4. The number of hydrogen-bond acceptors (Lipinski definition) is 6. The number of aromatic amines is 1. The lowest BCUT2D eigenvalue weighted by molar-refractivity contribution is 0.0949. The van der Waals surface area contributed by atoms with Crippen LogP contribution in [0, 0.1) is 4.77 Å². The van der Waals surface area contributed by atoms with E-state index in [0.29, 0.717) is 10.6 Å². The molecule has 148 valence electrons. The summed E-state index contributed by atoms with van der Waals surface area (Å²) in [5.41, 5.74) is -0.500. The second-order valence-electron chi connectivity index (χ2n) is 6.91. The van der Waals surface area contributed by atoms with Crippen LogP contribution < -0.4 is 14.8 Å². The van der Waals surface area contributed by atoms with Gasteiger partial charge in [0.1, 0.15) is 10.6 Å². The first kappa shape index (κ1) is 21.1. The first-order chi connectivity index (χ1) is 12.4. The Labute approximate surface area is 163 Å². The van der Waals surface area contributed by atoms with Crippen LogP contribution in [-0.4, -0.2) is 41.7 Å². The van der Waals surface area contributed by atoms with Gasteiger partial charge in [0.2, 0.25) is 10.0 Å². The monoisotopic (exact) mass is 413 g/mol. The highest BCUT2D eigenvalue weighted by Gasteiger charge is 2.26. The maximum Gasteiger partial charge on any atom is 0.251 e. The van der Waals surface area contributed by atoms with Gasteiger partial charge < -0.3 is 14.6 Å². The number of carbonyl (C=O) groups is 1. The Balaban J connectivity index is 2.29. The third kappa shape index (κ3) is 5.15. The maximum absolute atomic E-state index is 12.7. The number of nitrogens with zero attached hydrogens (tertiary/aromatic N) is 2. The van der Waals surface area contributed by atoms with Crippen LogP contribution in [0.25, 0.3) is 0 Å². The highest BCUT2D eigenvalue weighted by atomic mass is 32.2. The largest absolute Gasteiger partial charge is 0.495 e. The summed E-state index contributed by atoms with van der Waals surface area (Å²) >= 11 is 5.02. The van der Waals surface area contributed by atoms with Gasteiger partial charge in [-0.3, -0.25) is 9.89 Å². The molecular formula is C16H23N5O4S2. The van der Waals surface area contributed by atoms with Gasteiger partial charge in [0.05, 0.1) is 13.7 Å². The van der Waals surface area contributed by atoms with E-state index >= 15 is 0 Å². The molecule has 0 bridgehead atoms. The van der Waals surface area contributed by atoms with Crippen LogP contribution in [0.5, 0.6) is 5.75 Å². The number of aromatic nitrogens is 3. The summed E-state index contributed by atoms with van der Waals surface area (Å²) in [6.07, 6.45) is 0. The smallest absolute Gasteiger partial charge is 0.251 e. The molecule has 0 aliphatic heterocycles. The Morgan fingerprint density at radius 1 is 1.37 bits per heavy atom. The van der Waals surface area contributed by atoms with E-state index in [1.54, 1.807) is 32.4 Å². The van der Waals surface area contributed by atoms with Crippen molar-refractivity contribution in [2.45, 2.75) is 37.8 Å². The summed E-state index contributed by atoms with van der Waals surface area (Å²) in [5, 5.41) is 9.33. The maximum atomic E-state index is 12.7. The van der Waals surface area contributed by atoms with Crippen LogP contribution in [0.15, 0.2) is 23.1 Å². The number of H-pyrrole nitrogens is 1. The number of nitrogens with one attached hydrogen (secondary N) is 3. The van der Waals surface area contributed by atoms with Crippen molar-refractivity contribution in [3.63, 3.8) is 0 Å². The van der Waals surface area contributed by atoms with Gasteiger partial charge in [0.25, 0.3) is 5.91 Å². The molecule has 0 aliphatic carbocycles. The summed E-state index contributed by atoms with van der Waals surface area (Å²) in [5.74, 6) is 0.251. The number of amides is 1. The molecule has 1 heterocycles. The first-order valence-electron chi connectivity index (χ1n) is 8.05. The van der Waals surface area contributed by atoms with Crippen LogP contribution >= 0.6 is 12.2 Å². The van der Waals surface area contributed by atoms with Crippen LogP contribution in [0.1, 0.15) is 37.0 Å². The second kappa shape index (κ2) is 7.79. The Morgan fingerprint density at radius 3 is 2.56 bits per heavy atom. The molecule has 0 atom stereocenters. The van der Waals surface area contributed by atoms with E-state index in [2.05, 4.69) is 20.2 Å². The van der Waals surface area contributed by atoms with E-state index in [0.717, 1.165) is 0 Å². The fraction of sp³-hybridized carbons (Fsp3) is 0.438. The molecule has 1 aromatic carbocycles. The molecular weight excluding hydrogens is 390 g/mol. The zero-order valence-electron chi connectivity index (χ0n) is 15.8. The second-order valence-corrected chi connectivity index (χ2v) is 8.95. The topological polar surface area (TPSA) is 118 Å². The van der Waals surface area contributed by atoms with Gasteiger partial charge in [0.15, 0.2) is 10.6 Å². The number of rotatable bonds is 6. The van der Waals surface area contributed by atoms with Crippen molar-refractivity contribution in [2.24, 2.45) is 7.05 Å². The molecule has 0 fully saturated rings. The van der Waals surface area contributed by atoms with Crippen molar-refractivity contribution in [1.82, 2.24) is 24.8 Å². The van der Waals surface area contributed by atoms with E-state index in [1.165, 1.54) is 25.3 Å². The summed E-state index contributed by atoms with van der Waals surface area (Å²) in [4.78, 5) is 12.4. The number of methoxy groups -OCH3 is 1. The lowest BCUT2D eigenvalue weighted by Crippen LogP contribution is -2.40. The van der Waals surface area contributed by atoms with Gasteiger partial charge >= 0.3 is 0 Å². The van der Waals surface area contributed by atoms with Gasteiger partial charge in [-0.05, 0) is 51.2 Å². The Morgan fingerprint density at radius 2 is 2.04 bits per heavy atom. The summed E-state index contributed by atoms with van der Waals surface area (Å²) in [6.45, 7) is 5.32. The van der Waals surface area contributed by atoms with Crippen molar-refractivity contribution < 1.29 is 17.9 Å². The molecule has 9 nitrogen and oxygen atoms in total. The molecule has 11 heteroatoms. The van der Waals surface area contributed by atoms with Crippen molar-refractivity contribution in [2.75, 3.05) is 7.11 Å². The number of sulfonamides is 1. The fourth-order valence-corrected chi connectivity index (χ4v) is 4.05. The number of carbonyl (C=O) groups excluding carboxylic acids is 1. The summed E-state index contributed by atoms with van der Waals surface area (Å²) in [7, 11) is -0.782. The zero-order chi connectivity index (χ0) is 20.4. The molecule has 0 saturated heterocycles. The molecule has 2 rings (SSSR count). The minimum absolute atomic E-state index is 0.106. The van der Waals surface area contributed by atoms with E-state index in [9.17, 15) is 13.2 Å². The molecule has 0 aliphatic rings. The lowest BCUT2D eigenvalue weighted by Gasteiger charge is -2.21. The number of ether oxygens (including phenoxy) is 1. The minimum atomic E-state index is -3.88. The molecule has 0 radical (unpaired) electrons. The third-order valence-corrected chi connectivity index (χ3v) is 5.68. The quantitative estimate of drug-likeness (QED) is 0.618. The molecule has 1 aromatic heterocycles. The first-order valence-corrected chi connectivity index (χ1v) is 9.94. The fourth-order valence-electron chi connectivity index (χ4n) is 2.29. The Bertz CT molecular complexity index is 1000. The normalized spacial score (nSPS) is 12.0. The Kier molecular flexibility index (Phi) is 6.07. The van der Waals surface area contributed by atoms with Gasteiger partial charge in [0, 0.05) is 18.2 Å². The molecule has 0 saturated carbocycles. The van der Waals surface area contributed by atoms with Gasteiger partial charge in [-0.25, -0.2) is 13.1 Å². The molecule has 3 N–H and O–H groups in total. The van der Waals surface area contributed by atoms with Crippen LogP contribution in [-0.2, 0) is 23.6 Å². The number of benzene rings is 1. The highest BCUT2D eigenvalue weighted by molar-refractivity contribution is 7.89. The number of hydrogen-bond donors (Lipinski definition) is 3. The van der Waals surface area contributed by atoms with Crippen molar-refractivity contribution >= 4 is 28.1 Å². The molecule has 1 amide bonds. The van der Waals surface area contributed by atoms with Gasteiger partial charge in [-0.2, -0.15) is 5.10 Å². The average molecular weight is 414 g/mol. The molecule has 0 unspecified atom stereocenters. The highest BCUT2D eigenvalue weighted by Crippen LogP contribution is 2.26. The van der Waals surface area contributed by atoms with Gasteiger partial charge in [-0.1, -0.05) is 0 Å². The van der Waals surface area contributed by atoms with E-state index in [4.69, 9.17) is 17.0 Å². The molecule has 2 aromatic rings. The van der Waals surface area contributed by atoms with Gasteiger partial charge in [-0.15, -0.1) is 0 Å². The summed E-state index contributed by atoms with van der Waals surface area (Å²) in [6, 6.07) is 4.22. The lowest BCUT2D eigenvalue weighted by atomic mass is 10.1. The predicted octanol–water partition coefficient (Wildman–Crippen LogP) is 1.49. The predicted molar refractivity (Wildman–Crippen MR) is 103 cm³/mol. The Hall–Kier alpha value is -2.24. The standard InChI is InChI=1S/C16H23N5O4S2/c1-16(2,3)20-27(23,24)12-8-10(6-7-11(12)25-5)14(22)17-9-13-18-19-15(26)21(13)4/h6-8,20H,9H2,1-5H3,(H,17,22)(H,19,26). The van der Waals surface area contributed by atoms with Crippen molar-refractivity contribution in [3.05, 3.63) is 34.4 Å². The summed E-state index contributed by atoms with van der Waals surface area (Å²) < 4.78 is 35.1. The SMILES string of the molecule is COc1ccc(C(=O)NCc2n[nH]c(=S)n2C)cc1S(=O)(=O)NC(C)(C)C. The van der Waals surface area contributed by atoms with Crippen LogP contribution in [0.3, 0.4) is 0 Å². The van der Waals surface area contributed by atoms with Crippen LogP contribution in [0.4, 0.5) is 0 Å². The third-order valence-electron chi connectivity index (χ3n) is 3.54. The molecule has 0 spiro atoms. The van der Waals surface area contributed by atoms with Crippen molar-refractivity contribution in [3.8, 4) is 5.75 Å².